The Balaban J connectivity index is 2.24. The van der Waals surface area contributed by atoms with E-state index < -0.39 is 0 Å². The molecule has 1 saturated heterocycles. The van der Waals surface area contributed by atoms with Gasteiger partial charge in [0.2, 0.25) is 0 Å². The van der Waals surface area contributed by atoms with Crippen molar-refractivity contribution in [3.8, 4) is 0 Å². The zero-order valence-corrected chi connectivity index (χ0v) is 11.6. The monoisotopic (exact) mass is 263 g/mol. The summed E-state index contributed by atoms with van der Waals surface area (Å²) in [7, 11) is 0. The van der Waals surface area contributed by atoms with Crippen LogP contribution in [0, 0.1) is 5.92 Å². The van der Waals surface area contributed by atoms with Crippen LogP contribution >= 0.6 is 0 Å². The number of amides is 1. The lowest BCUT2D eigenvalue weighted by atomic mass is 10.2. The maximum atomic E-state index is 12.3. The molecule has 0 bridgehead atoms. The van der Waals surface area contributed by atoms with Gasteiger partial charge in [-0.25, -0.2) is 0 Å². The van der Waals surface area contributed by atoms with E-state index in [1.54, 1.807) is 27.8 Å². The number of carbonyl (C=O) groups excluding carboxylic acids is 1. The maximum absolute atomic E-state index is 12.3. The minimum atomic E-state index is -0.181. The van der Waals surface area contributed by atoms with Crippen molar-refractivity contribution in [3.63, 3.8) is 0 Å². The van der Waals surface area contributed by atoms with Crippen molar-refractivity contribution in [2.45, 2.75) is 20.4 Å². The maximum Gasteiger partial charge on any atom is 0.263 e. The smallest absolute Gasteiger partial charge is 0.263 e. The zero-order valence-electron chi connectivity index (χ0n) is 11.6. The van der Waals surface area contributed by atoms with Crippen LogP contribution in [-0.4, -0.2) is 41.6 Å². The third-order valence-corrected chi connectivity index (χ3v) is 3.22. The molecule has 1 aromatic rings. The van der Waals surface area contributed by atoms with Crippen LogP contribution in [0.3, 0.4) is 0 Å². The van der Waals surface area contributed by atoms with Crippen LogP contribution in [0.25, 0.3) is 0 Å². The summed E-state index contributed by atoms with van der Waals surface area (Å²) in [5.74, 6) is 0.229. The average molecular weight is 263 g/mol. The molecule has 0 aliphatic carbocycles. The van der Waals surface area contributed by atoms with Gasteiger partial charge in [-0.3, -0.25) is 9.59 Å². The molecule has 2 heterocycles. The molecular formula is C14H21N3O2. The van der Waals surface area contributed by atoms with E-state index in [9.17, 15) is 9.59 Å². The highest BCUT2D eigenvalue weighted by atomic mass is 16.2. The Bertz CT molecular complexity index is 502. The molecule has 0 unspecified atom stereocenters. The van der Waals surface area contributed by atoms with E-state index in [1.165, 1.54) is 0 Å². The first kappa shape index (κ1) is 13.8. The number of hydrogen-bond acceptors (Lipinski definition) is 3. The zero-order chi connectivity index (χ0) is 13.8. The fourth-order valence-corrected chi connectivity index (χ4v) is 2.28. The van der Waals surface area contributed by atoms with Gasteiger partial charge in [-0.15, -0.1) is 0 Å². The molecule has 1 aromatic heterocycles. The molecule has 5 nitrogen and oxygen atoms in total. The standard InChI is InChI=1S/C14H21N3O2/c1-11(2)10-17-7-3-4-12(14(17)19)13(18)16-8-5-15-6-9-16/h3-4,7,11,15H,5-6,8-10H2,1-2H3. The molecule has 0 aromatic carbocycles. The Hall–Kier alpha value is -1.62. The van der Waals surface area contributed by atoms with Crippen molar-refractivity contribution in [1.82, 2.24) is 14.8 Å². The number of piperazine rings is 1. The molecule has 1 fully saturated rings. The summed E-state index contributed by atoms with van der Waals surface area (Å²) in [6.45, 7) is 7.65. The summed E-state index contributed by atoms with van der Waals surface area (Å²) in [6, 6.07) is 3.41. The second-order valence-corrected chi connectivity index (χ2v) is 5.32. The van der Waals surface area contributed by atoms with Crippen molar-refractivity contribution in [2.75, 3.05) is 26.2 Å². The summed E-state index contributed by atoms with van der Waals surface area (Å²) in [6.07, 6.45) is 1.75. The fraction of sp³-hybridized carbons (Fsp3) is 0.571. The minimum Gasteiger partial charge on any atom is -0.336 e. The van der Waals surface area contributed by atoms with Crippen molar-refractivity contribution in [3.05, 3.63) is 34.2 Å². The second-order valence-electron chi connectivity index (χ2n) is 5.32. The third-order valence-electron chi connectivity index (χ3n) is 3.22. The van der Waals surface area contributed by atoms with Gasteiger partial charge in [-0.1, -0.05) is 13.8 Å². The van der Waals surface area contributed by atoms with Crippen LogP contribution in [0.4, 0.5) is 0 Å². The number of aromatic nitrogens is 1. The van der Waals surface area contributed by atoms with Crippen molar-refractivity contribution < 1.29 is 4.79 Å². The summed E-state index contributed by atoms with van der Waals surface area (Å²) in [4.78, 5) is 26.4. The van der Waals surface area contributed by atoms with Gasteiger partial charge in [0.25, 0.3) is 11.5 Å². The van der Waals surface area contributed by atoms with Crippen molar-refractivity contribution in [2.24, 2.45) is 5.92 Å². The van der Waals surface area contributed by atoms with Gasteiger partial charge in [-0.05, 0) is 18.1 Å². The molecule has 5 heteroatoms. The Labute approximate surface area is 113 Å². The third kappa shape index (κ3) is 3.23. The first-order valence-electron chi connectivity index (χ1n) is 6.79. The molecule has 104 valence electrons. The van der Waals surface area contributed by atoms with Gasteiger partial charge in [0, 0.05) is 38.9 Å². The van der Waals surface area contributed by atoms with E-state index in [1.807, 2.05) is 0 Å². The SMILES string of the molecule is CC(C)Cn1cccc(C(=O)N2CCNCC2)c1=O. The van der Waals surface area contributed by atoms with Crippen LogP contribution in [-0.2, 0) is 6.54 Å². The average Bonchev–Trinajstić information content (AvgIpc) is 2.41. The van der Waals surface area contributed by atoms with Crippen LogP contribution in [0.1, 0.15) is 24.2 Å². The normalized spacial score (nSPS) is 15.8. The first-order chi connectivity index (χ1) is 9.09. The molecule has 0 atom stereocenters. The lowest BCUT2D eigenvalue weighted by Gasteiger charge is -2.27. The number of pyridine rings is 1. The summed E-state index contributed by atoms with van der Waals surface area (Å²) >= 11 is 0. The molecule has 1 aliphatic rings. The van der Waals surface area contributed by atoms with Gasteiger partial charge >= 0.3 is 0 Å². The van der Waals surface area contributed by atoms with Crippen LogP contribution in [0.15, 0.2) is 23.1 Å². The number of nitrogens with zero attached hydrogens (tertiary/aromatic N) is 2. The van der Waals surface area contributed by atoms with Gasteiger partial charge in [0.1, 0.15) is 5.56 Å². The predicted octanol–water partition coefficient (Wildman–Crippen LogP) is 0.550. The second kappa shape index (κ2) is 6.02. The van der Waals surface area contributed by atoms with E-state index in [2.05, 4.69) is 19.2 Å². The molecule has 2 rings (SSSR count). The number of rotatable bonds is 3. The Morgan fingerprint density at radius 2 is 2.05 bits per heavy atom. The highest BCUT2D eigenvalue weighted by Gasteiger charge is 2.21. The Kier molecular flexibility index (Phi) is 4.37. The van der Waals surface area contributed by atoms with Crippen LogP contribution in [0.2, 0.25) is 0 Å². The molecule has 0 saturated carbocycles. The summed E-state index contributed by atoms with van der Waals surface area (Å²) in [5.41, 5.74) is 0.102. The van der Waals surface area contributed by atoms with E-state index in [0.717, 1.165) is 13.1 Å². The van der Waals surface area contributed by atoms with Gasteiger partial charge in [-0.2, -0.15) is 0 Å². The molecule has 1 amide bonds. The van der Waals surface area contributed by atoms with Gasteiger partial charge < -0.3 is 14.8 Å². The highest BCUT2D eigenvalue weighted by Crippen LogP contribution is 2.03. The largest absolute Gasteiger partial charge is 0.336 e. The summed E-state index contributed by atoms with van der Waals surface area (Å²) < 4.78 is 1.63. The number of hydrogen-bond donors (Lipinski definition) is 1. The predicted molar refractivity (Wildman–Crippen MR) is 74.3 cm³/mol. The van der Waals surface area contributed by atoms with E-state index in [-0.39, 0.29) is 17.0 Å². The van der Waals surface area contributed by atoms with Gasteiger partial charge in [0.05, 0.1) is 0 Å². The number of carbonyl (C=O) groups is 1. The van der Waals surface area contributed by atoms with Gasteiger partial charge in [0.15, 0.2) is 0 Å². The molecule has 1 aliphatic heterocycles. The molecular weight excluding hydrogens is 242 g/mol. The topological polar surface area (TPSA) is 54.3 Å². The van der Waals surface area contributed by atoms with Crippen molar-refractivity contribution in [1.29, 1.82) is 0 Å². The minimum absolute atomic E-state index is 0.149. The van der Waals surface area contributed by atoms with E-state index in [4.69, 9.17) is 0 Å². The molecule has 0 spiro atoms. The van der Waals surface area contributed by atoms with E-state index in [0.29, 0.717) is 25.6 Å². The highest BCUT2D eigenvalue weighted by molar-refractivity contribution is 5.93. The van der Waals surface area contributed by atoms with Crippen LogP contribution < -0.4 is 10.9 Å². The number of nitrogens with one attached hydrogen (secondary N) is 1. The Morgan fingerprint density at radius 3 is 2.68 bits per heavy atom. The lowest BCUT2D eigenvalue weighted by Crippen LogP contribution is -2.47. The first-order valence-corrected chi connectivity index (χ1v) is 6.79. The van der Waals surface area contributed by atoms with Crippen molar-refractivity contribution >= 4 is 5.91 Å². The van der Waals surface area contributed by atoms with E-state index >= 15 is 0 Å². The molecule has 1 N–H and O–H groups in total. The molecule has 19 heavy (non-hydrogen) atoms. The Morgan fingerprint density at radius 1 is 1.37 bits per heavy atom. The molecule has 0 radical (unpaired) electrons. The quantitative estimate of drug-likeness (QED) is 0.866. The van der Waals surface area contributed by atoms with Crippen LogP contribution in [0.5, 0.6) is 0 Å². The summed E-state index contributed by atoms with van der Waals surface area (Å²) in [5, 5.41) is 3.20. The fourth-order valence-electron chi connectivity index (χ4n) is 2.28. The lowest BCUT2D eigenvalue weighted by molar-refractivity contribution is 0.0733.